The summed E-state index contributed by atoms with van der Waals surface area (Å²) >= 11 is 3.53. The topological polar surface area (TPSA) is 74.7 Å². The first-order chi connectivity index (χ1) is 17.1. The summed E-state index contributed by atoms with van der Waals surface area (Å²) in [5.74, 6) is -0.429. The summed E-state index contributed by atoms with van der Waals surface area (Å²) in [6, 6.07) is 28.8. The third-order valence-electron chi connectivity index (χ3n) is 5.14. The Hall–Kier alpha value is -4.05. The zero-order valence-electron chi connectivity index (χ0n) is 18.8. The Balaban J connectivity index is 0.000000384. The number of carboxylic acids is 1. The summed E-state index contributed by atoms with van der Waals surface area (Å²) in [7, 11) is 0. The normalized spacial score (nSPS) is 11.1. The number of aromatic nitrogens is 4. The van der Waals surface area contributed by atoms with Gasteiger partial charge in [-0.05, 0) is 41.8 Å². The lowest BCUT2D eigenvalue weighted by molar-refractivity contribution is -0.684. The largest absolute Gasteiger partial charge is 0.542 e. The van der Waals surface area contributed by atoms with E-state index < -0.39 is 12.1 Å². The lowest BCUT2D eigenvalue weighted by Gasteiger charge is -2.09. The van der Waals surface area contributed by atoms with Crippen molar-refractivity contribution in [1.82, 2.24) is 14.6 Å². The second-order valence-electron chi connectivity index (χ2n) is 7.62. The van der Waals surface area contributed by atoms with E-state index >= 15 is 0 Å². The van der Waals surface area contributed by atoms with Gasteiger partial charge >= 0.3 is 6.18 Å². The molecule has 0 aliphatic rings. The summed E-state index contributed by atoms with van der Waals surface area (Å²) in [6.07, 6.45) is -3.28. The van der Waals surface area contributed by atoms with E-state index in [-0.39, 0.29) is 0 Å². The summed E-state index contributed by atoms with van der Waals surface area (Å²) in [5, 5.41) is 11.1. The van der Waals surface area contributed by atoms with Crippen molar-refractivity contribution in [3.05, 3.63) is 101 Å². The van der Waals surface area contributed by atoms with Crippen LogP contribution in [0.1, 0.15) is 5.82 Å². The van der Waals surface area contributed by atoms with Gasteiger partial charge in [0, 0.05) is 28.4 Å². The van der Waals surface area contributed by atoms with Crippen LogP contribution >= 0.6 is 15.9 Å². The summed E-state index contributed by atoms with van der Waals surface area (Å²) in [5.41, 5.74) is 2.07. The monoisotopic (exact) mass is 554 g/mol. The molecule has 0 radical (unpaired) electrons. The molecule has 5 aromatic rings. The molecule has 3 aromatic carbocycles. The standard InChI is InChI=1S/C24H18BrN4.C2HF3O2/c1-17-27-24(18-7-3-2-4-8-18)29(22-13-11-21(25)12-14-22)28(17)23-15-19-9-5-6-10-20(19)16-26-23;3-2(4,5)1(6)7/h2-16H,1H3;(H,6,7)/q+1;/p-1. The maximum Gasteiger partial charge on any atom is 0.430 e. The summed E-state index contributed by atoms with van der Waals surface area (Å²) in [4.78, 5) is 18.4. The second-order valence-corrected chi connectivity index (χ2v) is 8.54. The predicted octanol–water partition coefficient (Wildman–Crippen LogP) is 4.73. The van der Waals surface area contributed by atoms with E-state index in [0.717, 1.165) is 44.0 Å². The van der Waals surface area contributed by atoms with Gasteiger partial charge in [0.25, 0.3) is 11.6 Å². The van der Waals surface area contributed by atoms with Crippen LogP contribution < -0.4 is 9.79 Å². The Morgan fingerprint density at radius 3 is 2.14 bits per heavy atom. The van der Waals surface area contributed by atoms with Gasteiger partial charge in [0.2, 0.25) is 5.82 Å². The number of fused-ring (bicyclic) bond motifs is 1. The van der Waals surface area contributed by atoms with Gasteiger partial charge in [0.05, 0.1) is 5.69 Å². The van der Waals surface area contributed by atoms with E-state index in [1.807, 2.05) is 55.6 Å². The number of hydrogen-bond donors (Lipinski definition) is 0. The fraction of sp³-hybridized carbons (Fsp3) is 0.0769. The molecule has 0 amide bonds. The van der Waals surface area contributed by atoms with Crippen LogP contribution in [0, 0.1) is 6.92 Å². The zero-order valence-corrected chi connectivity index (χ0v) is 20.4. The van der Waals surface area contributed by atoms with Crippen molar-refractivity contribution in [2.24, 2.45) is 0 Å². The lowest BCUT2D eigenvalue weighted by atomic mass is 10.2. The molecule has 36 heavy (non-hydrogen) atoms. The van der Waals surface area contributed by atoms with Gasteiger partial charge in [-0.25, -0.2) is 0 Å². The van der Waals surface area contributed by atoms with Crippen LogP contribution in [0.2, 0.25) is 0 Å². The van der Waals surface area contributed by atoms with Crippen LogP contribution in [0.4, 0.5) is 13.2 Å². The Morgan fingerprint density at radius 1 is 0.944 bits per heavy atom. The Bertz CT molecular complexity index is 1520. The summed E-state index contributed by atoms with van der Waals surface area (Å²) < 4.78 is 36.8. The highest BCUT2D eigenvalue weighted by molar-refractivity contribution is 9.10. The number of carbonyl (C=O) groups excluding carboxylic acids is 1. The van der Waals surface area contributed by atoms with Gasteiger partial charge in [0.15, 0.2) is 0 Å². The van der Waals surface area contributed by atoms with Crippen molar-refractivity contribution in [3.8, 4) is 22.9 Å². The highest BCUT2D eigenvalue weighted by Crippen LogP contribution is 2.23. The fourth-order valence-electron chi connectivity index (χ4n) is 3.54. The predicted molar refractivity (Wildman–Crippen MR) is 129 cm³/mol. The molecule has 182 valence electrons. The number of alkyl halides is 3. The van der Waals surface area contributed by atoms with Gasteiger partial charge in [-0.1, -0.05) is 63.4 Å². The van der Waals surface area contributed by atoms with Gasteiger partial charge in [-0.3, -0.25) is 0 Å². The first kappa shape index (κ1) is 25.1. The van der Waals surface area contributed by atoms with Crippen LogP contribution in [0.15, 0.2) is 95.6 Å². The number of pyridine rings is 1. The number of aliphatic carboxylic acids is 1. The minimum atomic E-state index is -5.19. The van der Waals surface area contributed by atoms with Crippen LogP contribution in [-0.4, -0.2) is 26.8 Å². The van der Waals surface area contributed by atoms with Crippen LogP contribution in [0.25, 0.3) is 33.7 Å². The maximum atomic E-state index is 10.5. The number of benzene rings is 3. The van der Waals surface area contributed by atoms with E-state index in [4.69, 9.17) is 19.9 Å². The Morgan fingerprint density at radius 2 is 1.53 bits per heavy atom. The number of hydrogen-bond acceptors (Lipinski definition) is 4. The molecule has 0 bridgehead atoms. The number of carbonyl (C=O) groups is 1. The van der Waals surface area contributed by atoms with Gasteiger partial charge in [-0.2, -0.15) is 17.9 Å². The molecule has 0 saturated carbocycles. The summed E-state index contributed by atoms with van der Waals surface area (Å²) in [6.45, 7) is 2.01. The lowest BCUT2D eigenvalue weighted by Crippen LogP contribution is -2.43. The van der Waals surface area contributed by atoms with E-state index in [2.05, 4.69) is 67.8 Å². The van der Waals surface area contributed by atoms with Crippen molar-refractivity contribution in [2.45, 2.75) is 13.1 Å². The van der Waals surface area contributed by atoms with Crippen LogP contribution in [0.3, 0.4) is 0 Å². The molecule has 5 rings (SSSR count). The molecule has 0 spiro atoms. The highest BCUT2D eigenvalue weighted by atomic mass is 79.9. The third-order valence-corrected chi connectivity index (χ3v) is 5.67. The molecule has 0 aliphatic heterocycles. The van der Waals surface area contributed by atoms with Gasteiger partial charge < -0.3 is 9.90 Å². The fourth-order valence-corrected chi connectivity index (χ4v) is 3.80. The first-order valence-electron chi connectivity index (χ1n) is 10.6. The zero-order chi connectivity index (χ0) is 25.9. The van der Waals surface area contributed by atoms with E-state index in [0.29, 0.717) is 0 Å². The molecule has 0 fully saturated rings. The highest BCUT2D eigenvalue weighted by Gasteiger charge is 2.29. The smallest absolute Gasteiger partial charge is 0.430 e. The third kappa shape index (κ3) is 5.44. The SMILES string of the molecule is Cc1nc(-c2ccccc2)n(-c2ccc(Br)cc2)[n+]1-c1cc2ccccc2cn1.O=C([O-])C(F)(F)F. The van der Waals surface area contributed by atoms with Gasteiger partial charge in [-0.15, -0.1) is 9.67 Å². The molecule has 0 aliphatic carbocycles. The van der Waals surface area contributed by atoms with Crippen molar-refractivity contribution in [1.29, 1.82) is 0 Å². The first-order valence-corrected chi connectivity index (χ1v) is 11.4. The molecule has 2 aromatic heterocycles. The average Bonchev–Trinajstić information content (AvgIpc) is 3.21. The molecule has 10 heteroatoms. The maximum absolute atomic E-state index is 10.5. The van der Waals surface area contributed by atoms with Crippen LogP contribution in [-0.2, 0) is 4.79 Å². The number of aryl methyl sites for hydroxylation is 1. The molecule has 0 atom stereocenters. The van der Waals surface area contributed by atoms with Crippen molar-refractivity contribution in [3.63, 3.8) is 0 Å². The molecule has 0 N–H and O–H groups in total. The number of rotatable bonds is 3. The van der Waals surface area contributed by atoms with Gasteiger partial charge in [0.1, 0.15) is 12.2 Å². The van der Waals surface area contributed by atoms with Crippen molar-refractivity contribution in [2.75, 3.05) is 0 Å². The minimum absolute atomic E-state index is 0.832. The molecule has 0 unspecified atom stereocenters. The molecular formula is C26H18BrF3N4O2. The van der Waals surface area contributed by atoms with E-state index in [1.54, 1.807) is 0 Å². The Labute approximate surface area is 212 Å². The second kappa shape index (κ2) is 10.3. The Kier molecular flexibility index (Phi) is 7.16. The molecular weight excluding hydrogens is 537 g/mol. The van der Waals surface area contributed by atoms with Crippen LogP contribution in [0.5, 0.6) is 0 Å². The van der Waals surface area contributed by atoms with E-state index in [9.17, 15) is 13.2 Å². The number of nitrogens with zero attached hydrogens (tertiary/aromatic N) is 4. The number of halogens is 4. The van der Waals surface area contributed by atoms with Crippen molar-refractivity contribution < 1.29 is 27.8 Å². The van der Waals surface area contributed by atoms with Crippen molar-refractivity contribution >= 4 is 32.7 Å². The molecule has 2 heterocycles. The minimum Gasteiger partial charge on any atom is -0.542 e. The molecule has 0 saturated heterocycles. The number of carboxylic acid groups (broad SMARTS) is 1. The molecule has 6 nitrogen and oxygen atoms in total. The quantitative estimate of drug-likeness (QED) is 0.302. The average molecular weight is 555 g/mol. The van der Waals surface area contributed by atoms with E-state index in [1.165, 1.54) is 0 Å².